The fraction of sp³-hybridized carbons (Fsp3) is 0.250. The minimum atomic E-state index is 0.164. The normalized spacial score (nSPS) is 19.5. The molecule has 0 fully saturated rings. The van der Waals surface area contributed by atoms with E-state index in [2.05, 4.69) is 13.0 Å². The minimum Gasteiger partial charge on any atom is -0.295 e. The van der Waals surface area contributed by atoms with Gasteiger partial charge in [0, 0.05) is 11.5 Å². The molecule has 0 aromatic heterocycles. The molecule has 1 heteroatoms. The molecule has 2 rings (SSSR count). The summed E-state index contributed by atoms with van der Waals surface area (Å²) in [6.07, 6.45) is 2.05. The molecule has 0 bridgehead atoms. The highest BCUT2D eigenvalue weighted by atomic mass is 16.1. The molecule has 1 aliphatic carbocycles. The lowest BCUT2D eigenvalue weighted by Gasteiger charge is -2.03. The highest BCUT2D eigenvalue weighted by molar-refractivity contribution is 6.21. The summed E-state index contributed by atoms with van der Waals surface area (Å²) in [6.45, 7) is 3.75. The van der Waals surface area contributed by atoms with E-state index in [1.165, 1.54) is 5.56 Å². The van der Waals surface area contributed by atoms with E-state index >= 15 is 0 Å². The van der Waals surface area contributed by atoms with E-state index in [0.717, 1.165) is 11.1 Å². The maximum Gasteiger partial charge on any atom is 0.160 e. The maximum absolute atomic E-state index is 11.3. The van der Waals surface area contributed by atoms with Gasteiger partial charge in [-0.25, -0.2) is 0 Å². The van der Waals surface area contributed by atoms with E-state index in [1.807, 2.05) is 24.3 Å². The van der Waals surface area contributed by atoms with Crippen LogP contribution in [-0.2, 0) is 4.79 Å². The summed E-state index contributed by atoms with van der Waals surface area (Å²) in [6, 6.07) is 8.11. The van der Waals surface area contributed by atoms with Crippen LogP contribution in [0.15, 0.2) is 30.3 Å². The fourth-order valence-electron chi connectivity index (χ4n) is 1.88. The molecule has 1 aromatic rings. The average Bonchev–Trinajstić information content (AvgIpc) is 2.45. The Kier molecular flexibility index (Phi) is 1.80. The number of benzene rings is 1. The molecule has 0 amide bonds. The molecule has 1 aliphatic rings. The number of ketones is 1. The second-order valence-electron chi connectivity index (χ2n) is 3.51. The molecular weight excluding hydrogens is 160 g/mol. The number of allylic oxidation sites excluding steroid dienone is 2. The molecule has 0 aliphatic heterocycles. The summed E-state index contributed by atoms with van der Waals surface area (Å²) in [4.78, 5) is 11.3. The maximum atomic E-state index is 11.3. The first-order valence-corrected chi connectivity index (χ1v) is 4.52. The van der Waals surface area contributed by atoms with Gasteiger partial charge in [0.05, 0.1) is 0 Å². The molecule has 1 nitrogen and oxygen atoms in total. The van der Waals surface area contributed by atoms with Gasteiger partial charge in [0.15, 0.2) is 5.78 Å². The van der Waals surface area contributed by atoms with Crippen LogP contribution in [0.25, 0.3) is 5.57 Å². The van der Waals surface area contributed by atoms with Gasteiger partial charge in [-0.1, -0.05) is 37.3 Å². The Bertz CT molecular complexity index is 388. The lowest BCUT2D eigenvalue weighted by molar-refractivity contribution is -0.111. The molecule has 0 N–H and O–H groups in total. The number of carbonyl (C=O) groups excluding carboxylic acids is 1. The first-order chi connectivity index (χ1) is 6.20. The van der Waals surface area contributed by atoms with Gasteiger partial charge >= 0.3 is 0 Å². The van der Waals surface area contributed by atoms with E-state index in [-0.39, 0.29) is 5.78 Å². The quantitative estimate of drug-likeness (QED) is 0.636. The Balaban J connectivity index is 2.57. The summed E-state index contributed by atoms with van der Waals surface area (Å²) in [5.41, 5.74) is 3.26. The SMILES string of the molecule is CC(=O)C1=CC(C)c2ccccc21. The van der Waals surface area contributed by atoms with Crippen molar-refractivity contribution in [1.82, 2.24) is 0 Å². The molecule has 1 aromatic carbocycles. The summed E-state index contributed by atoms with van der Waals surface area (Å²) in [5, 5.41) is 0. The first kappa shape index (κ1) is 8.24. The van der Waals surface area contributed by atoms with Gasteiger partial charge in [-0.3, -0.25) is 4.79 Å². The number of hydrogen-bond acceptors (Lipinski definition) is 1. The highest BCUT2D eigenvalue weighted by Crippen LogP contribution is 2.35. The number of Topliss-reactive ketones (excluding diaryl/α,β-unsaturated/α-hetero) is 1. The largest absolute Gasteiger partial charge is 0.295 e. The summed E-state index contributed by atoms with van der Waals surface area (Å²) in [7, 11) is 0. The zero-order chi connectivity index (χ0) is 9.42. The lowest BCUT2D eigenvalue weighted by Crippen LogP contribution is -1.93. The van der Waals surface area contributed by atoms with Gasteiger partial charge in [-0.05, 0) is 18.1 Å². The molecule has 0 radical (unpaired) electrons. The molecule has 1 unspecified atom stereocenters. The molecule has 66 valence electrons. The Labute approximate surface area is 78.1 Å². The molecule has 0 saturated carbocycles. The predicted molar refractivity (Wildman–Crippen MR) is 53.5 cm³/mol. The summed E-state index contributed by atoms with van der Waals surface area (Å²) >= 11 is 0. The minimum absolute atomic E-state index is 0.164. The van der Waals surface area contributed by atoms with E-state index in [4.69, 9.17) is 0 Å². The van der Waals surface area contributed by atoms with Gasteiger partial charge in [0.2, 0.25) is 0 Å². The van der Waals surface area contributed by atoms with Crippen molar-refractivity contribution in [2.24, 2.45) is 0 Å². The third-order valence-electron chi connectivity index (χ3n) is 2.54. The fourth-order valence-corrected chi connectivity index (χ4v) is 1.88. The van der Waals surface area contributed by atoms with Gasteiger partial charge in [0.1, 0.15) is 0 Å². The van der Waals surface area contributed by atoms with Crippen molar-refractivity contribution in [3.63, 3.8) is 0 Å². The van der Waals surface area contributed by atoms with E-state index in [0.29, 0.717) is 5.92 Å². The monoisotopic (exact) mass is 172 g/mol. The van der Waals surface area contributed by atoms with Crippen LogP contribution in [0.2, 0.25) is 0 Å². The van der Waals surface area contributed by atoms with Crippen LogP contribution in [0.4, 0.5) is 0 Å². The van der Waals surface area contributed by atoms with Gasteiger partial charge in [-0.15, -0.1) is 0 Å². The second kappa shape index (κ2) is 2.84. The van der Waals surface area contributed by atoms with E-state index < -0.39 is 0 Å². The van der Waals surface area contributed by atoms with Crippen molar-refractivity contribution in [1.29, 1.82) is 0 Å². The zero-order valence-corrected chi connectivity index (χ0v) is 7.87. The smallest absolute Gasteiger partial charge is 0.160 e. The standard InChI is InChI=1S/C12H12O/c1-8-7-12(9(2)13)11-6-4-3-5-10(8)11/h3-8H,1-2H3. The molecular formula is C12H12O. The molecule has 1 atom stereocenters. The van der Waals surface area contributed by atoms with Gasteiger partial charge in [-0.2, -0.15) is 0 Å². The third-order valence-corrected chi connectivity index (χ3v) is 2.54. The first-order valence-electron chi connectivity index (χ1n) is 4.52. The van der Waals surface area contributed by atoms with Crippen molar-refractivity contribution in [3.8, 4) is 0 Å². The van der Waals surface area contributed by atoms with Crippen molar-refractivity contribution in [3.05, 3.63) is 41.5 Å². The van der Waals surface area contributed by atoms with Crippen molar-refractivity contribution < 1.29 is 4.79 Å². The van der Waals surface area contributed by atoms with Crippen LogP contribution in [0.3, 0.4) is 0 Å². The van der Waals surface area contributed by atoms with Gasteiger partial charge < -0.3 is 0 Å². The van der Waals surface area contributed by atoms with Crippen LogP contribution >= 0.6 is 0 Å². The topological polar surface area (TPSA) is 17.1 Å². The zero-order valence-electron chi connectivity index (χ0n) is 7.87. The van der Waals surface area contributed by atoms with E-state index in [9.17, 15) is 4.79 Å². The number of fused-ring (bicyclic) bond motifs is 1. The third kappa shape index (κ3) is 1.21. The number of rotatable bonds is 1. The van der Waals surface area contributed by atoms with Gasteiger partial charge in [0.25, 0.3) is 0 Å². The molecule has 0 saturated heterocycles. The summed E-state index contributed by atoms with van der Waals surface area (Å²) < 4.78 is 0. The molecule has 0 heterocycles. The lowest BCUT2D eigenvalue weighted by atomic mass is 10.0. The van der Waals surface area contributed by atoms with Crippen LogP contribution < -0.4 is 0 Å². The Morgan fingerprint density at radius 3 is 2.69 bits per heavy atom. The van der Waals surface area contributed by atoms with Crippen LogP contribution in [0.5, 0.6) is 0 Å². The van der Waals surface area contributed by atoms with Crippen LogP contribution in [0.1, 0.15) is 30.9 Å². The van der Waals surface area contributed by atoms with Crippen molar-refractivity contribution in [2.75, 3.05) is 0 Å². The van der Waals surface area contributed by atoms with E-state index in [1.54, 1.807) is 6.92 Å². The van der Waals surface area contributed by atoms with Crippen LogP contribution in [-0.4, -0.2) is 5.78 Å². The number of carbonyl (C=O) groups is 1. The predicted octanol–water partition coefficient (Wildman–Crippen LogP) is 2.78. The summed E-state index contributed by atoms with van der Waals surface area (Å²) in [5.74, 6) is 0.548. The second-order valence-corrected chi connectivity index (χ2v) is 3.51. The van der Waals surface area contributed by atoms with Crippen LogP contribution in [0, 0.1) is 0 Å². The number of hydrogen-bond donors (Lipinski definition) is 0. The Morgan fingerprint density at radius 2 is 2.00 bits per heavy atom. The highest BCUT2D eigenvalue weighted by Gasteiger charge is 2.21. The average molecular weight is 172 g/mol. The molecule has 13 heavy (non-hydrogen) atoms. The van der Waals surface area contributed by atoms with Crippen molar-refractivity contribution in [2.45, 2.75) is 19.8 Å². The van der Waals surface area contributed by atoms with Crippen molar-refractivity contribution >= 4 is 11.4 Å². The Morgan fingerprint density at radius 1 is 1.31 bits per heavy atom. The Hall–Kier alpha value is -1.37. The molecule has 0 spiro atoms.